The molecule has 0 aromatic heterocycles. The molecule has 0 aliphatic carbocycles. The van der Waals surface area contributed by atoms with Gasteiger partial charge >= 0.3 is 0 Å². The van der Waals surface area contributed by atoms with Crippen LogP contribution in [-0.4, -0.2) is 11.6 Å². The Balaban J connectivity index is 4.36. The van der Waals surface area contributed by atoms with Crippen LogP contribution in [0.25, 0.3) is 0 Å². The van der Waals surface area contributed by atoms with Crippen LogP contribution in [0.4, 0.5) is 0 Å². The fourth-order valence-corrected chi connectivity index (χ4v) is 1.77. The van der Waals surface area contributed by atoms with Gasteiger partial charge in [0.2, 0.25) is 5.91 Å². The van der Waals surface area contributed by atoms with Gasteiger partial charge in [0.05, 0.1) is 5.66 Å². The van der Waals surface area contributed by atoms with Crippen LogP contribution < -0.4 is 11.1 Å². The average molecular weight is 240 g/mol. The number of hydrogen-bond acceptors (Lipinski definition) is 2. The van der Waals surface area contributed by atoms with Gasteiger partial charge in [-0.2, -0.15) is 0 Å². The molecule has 0 bridgehead atoms. The number of unbranched alkanes of at least 4 members (excludes halogenated alkanes) is 3. The Hall–Kier alpha value is -0.830. The predicted molar refractivity (Wildman–Crippen MR) is 73.5 cm³/mol. The van der Waals surface area contributed by atoms with E-state index >= 15 is 0 Å². The highest BCUT2D eigenvalue weighted by Crippen LogP contribution is 2.17. The topological polar surface area (TPSA) is 55.1 Å². The summed E-state index contributed by atoms with van der Waals surface area (Å²) in [7, 11) is 0. The number of carbonyl (C=O) groups is 1. The summed E-state index contributed by atoms with van der Waals surface area (Å²) in [5, 5.41) is 2.93. The SMILES string of the molecule is C=C(C)C(=O)NC(N)(CCCC)CCCCC. The minimum atomic E-state index is -0.554. The number of rotatable bonds is 9. The van der Waals surface area contributed by atoms with Gasteiger partial charge < -0.3 is 11.1 Å². The molecular formula is C14H28N2O. The van der Waals surface area contributed by atoms with Crippen LogP contribution in [0.1, 0.15) is 65.7 Å². The fourth-order valence-electron chi connectivity index (χ4n) is 1.77. The quantitative estimate of drug-likeness (QED) is 0.369. The Morgan fingerprint density at radius 3 is 2.18 bits per heavy atom. The average Bonchev–Trinajstić information content (AvgIpc) is 2.26. The molecule has 100 valence electrons. The first kappa shape index (κ1) is 16.2. The van der Waals surface area contributed by atoms with E-state index in [1.807, 2.05) is 0 Å². The Morgan fingerprint density at radius 1 is 1.18 bits per heavy atom. The normalized spacial score (nSPS) is 14.1. The molecule has 0 saturated heterocycles. The summed E-state index contributed by atoms with van der Waals surface area (Å²) in [6, 6.07) is 0. The summed E-state index contributed by atoms with van der Waals surface area (Å²) in [6.07, 6.45) is 7.21. The highest BCUT2D eigenvalue weighted by molar-refractivity contribution is 5.92. The Bertz CT molecular complexity index is 251. The van der Waals surface area contributed by atoms with Crippen molar-refractivity contribution < 1.29 is 4.79 Å². The van der Waals surface area contributed by atoms with Crippen molar-refractivity contribution in [3.05, 3.63) is 12.2 Å². The first-order valence-corrected chi connectivity index (χ1v) is 6.72. The van der Waals surface area contributed by atoms with Gasteiger partial charge in [0.15, 0.2) is 0 Å². The van der Waals surface area contributed by atoms with E-state index in [0.717, 1.165) is 44.9 Å². The van der Waals surface area contributed by atoms with E-state index in [9.17, 15) is 4.79 Å². The van der Waals surface area contributed by atoms with E-state index in [-0.39, 0.29) is 5.91 Å². The maximum absolute atomic E-state index is 11.7. The lowest BCUT2D eigenvalue weighted by Crippen LogP contribution is -2.56. The third-order valence-electron chi connectivity index (χ3n) is 2.95. The van der Waals surface area contributed by atoms with Gasteiger partial charge in [0.1, 0.15) is 0 Å². The number of carbonyl (C=O) groups excluding carboxylic acids is 1. The lowest BCUT2D eigenvalue weighted by molar-refractivity contribution is -0.119. The number of nitrogens with two attached hydrogens (primary N) is 1. The monoisotopic (exact) mass is 240 g/mol. The van der Waals surface area contributed by atoms with Crippen molar-refractivity contribution in [1.29, 1.82) is 0 Å². The van der Waals surface area contributed by atoms with E-state index in [1.54, 1.807) is 6.92 Å². The molecule has 3 heteroatoms. The van der Waals surface area contributed by atoms with Crippen molar-refractivity contribution >= 4 is 5.91 Å². The highest BCUT2D eigenvalue weighted by atomic mass is 16.1. The van der Waals surface area contributed by atoms with Crippen LogP contribution in [0, 0.1) is 0 Å². The molecule has 1 unspecified atom stereocenters. The molecule has 0 radical (unpaired) electrons. The Morgan fingerprint density at radius 2 is 1.71 bits per heavy atom. The standard InChI is InChI=1S/C14H28N2O/c1-5-7-9-11-14(15,10-8-6-2)16-13(17)12(3)4/h3,5-11,15H2,1-2,4H3,(H,16,17). The first-order valence-electron chi connectivity index (χ1n) is 6.72. The van der Waals surface area contributed by atoms with Gasteiger partial charge in [-0.3, -0.25) is 4.79 Å². The van der Waals surface area contributed by atoms with Gasteiger partial charge in [-0.15, -0.1) is 0 Å². The van der Waals surface area contributed by atoms with E-state index in [1.165, 1.54) is 0 Å². The molecule has 17 heavy (non-hydrogen) atoms. The second-order valence-corrected chi connectivity index (χ2v) is 4.95. The lowest BCUT2D eigenvalue weighted by atomic mass is 9.96. The van der Waals surface area contributed by atoms with Crippen LogP contribution in [0.5, 0.6) is 0 Å². The van der Waals surface area contributed by atoms with Crippen LogP contribution >= 0.6 is 0 Å². The first-order chi connectivity index (χ1) is 7.95. The third kappa shape index (κ3) is 7.16. The van der Waals surface area contributed by atoms with E-state index in [2.05, 4.69) is 25.7 Å². The van der Waals surface area contributed by atoms with Gasteiger partial charge in [-0.1, -0.05) is 46.1 Å². The van der Waals surface area contributed by atoms with Crippen LogP contribution in [0.2, 0.25) is 0 Å². The zero-order valence-corrected chi connectivity index (χ0v) is 11.6. The Labute approximate surface area is 106 Å². The smallest absolute Gasteiger partial charge is 0.247 e. The van der Waals surface area contributed by atoms with Crippen LogP contribution in [0.15, 0.2) is 12.2 Å². The van der Waals surface area contributed by atoms with E-state index in [4.69, 9.17) is 5.73 Å². The molecular weight excluding hydrogens is 212 g/mol. The van der Waals surface area contributed by atoms with E-state index in [0.29, 0.717) is 5.57 Å². The number of nitrogens with one attached hydrogen (secondary N) is 1. The van der Waals surface area contributed by atoms with E-state index < -0.39 is 5.66 Å². The molecule has 0 aliphatic heterocycles. The van der Waals surface area contributed by atoms with Crippen LogP contribution in [-0.2, 0) is 4.79 Å². The predicted octanol–water partition coefficient (Wildman–Crippen LogP) is 3.10. The summed E-state index contributed by atoms with van der Waals surface area (Å²) in [5.41, 5.74) is 6.26. The fraction of sp³-hybridized carbons (Fsp3) is 0.786. The molecule has 0 aromatic rings. The highest BCUT2D eigenvalue weighted by Gasteiger charge is 2.25. The zero-order chi connectivity index (χ0) is 13.3. The summed E-state index contributed by atoms with van der Waals surface area (Å²) in [5.74, 6) is -0.125. The Kier molecular flexibility index (Phi) is 7.88. The zero-order valence-electron chi connectivity index (χ0n) is 11.6. The van der Waals surface area contributed by atoms with Gasteiger partial charge in [0.25, 0.3) is 0 Å². The van der Waals surface area contributed by atoms with Crippen molar-refractivity contribution in [2.45, 2.75) is 71.4 Å². The molecule has 0 rings (SSSR count). The largest absolute Gasteiger partial charge is 0.334 e. The molecule has 0 heterocycles. The molecule has 0 saturated carbocycles. The van der Waals surface area contributed by atoms with Crippen molar-refractivity contribution in [2.75, 3.05) is 0 Å². The van der Waals surface area contributed by atoms with Gasteiger partial charge in [-0.05, 0) is 26.2 Å². The molecule has 1 amide bonds. The maximum Gasteiger partial charge on any atom is 0.247 e. The summed E-state index contributed by atoms with van der Waals surface area (Å²) >= 11 is 0. The van der Waals surface area contributed by atoms with Crippen LogP contribution in [0.3, 0.4) is 0 Å². The molecule has 0 aliphatic rings. The lowest BCUT2D eigenvalue weighted by Gasteiger charge is -2.31. The number of amides is 1. The minimum absolute atomic E-state index is 0.125. The summed E-state index contributed by atoms with van der Waals surface area (Å²) in [6.45, 7) is 9.65. The van der Waals surface area contributed by atoms with Gasteiger partial charge in [-0.25, -0.2) is 0 Å². The molecule has 0 aromatic carbocycles. The second-order valence-electron chi connectivity index (χ2n) is 4.95. The summed E-state index contributed by atoms with van der Waals surface area (Å²) in [4.78, 5) is 11.7. The molecule has 3 N–H and O–H groups in total. The van der Waals surface area contributed by atoms with Crippen molar-refractivity contribution in [3.63, 3.8) is 0 Å². The number of hydrogen-bond donors (Lipinski definition) is 2. The molecule has 3 nitrogen and oxygen atoms in total. The van der Waals surface area contributed by atoms with Gasteiger partial charge in [0, 0.05) is 5.57 Å². The van der Waals surface area contributed by atoms with Crippen molar-refractivity contribution in [2.24, 2.45) is 5.73 Å². The summed E-state index contributed by atoms with van der Waals surface area (Å²) < 4.78 is 0. The molecule has 1 atom stereocenters. The maximum atomic E-state index is 11.7. The molecule has 0 fully saturated rings. The second kappa shape index (κ2) is 8.29. The van der Waals surface area contributed by atoms with Crippen molar-refractivity contribution in [3.8, 4) is 0 Å². The molecule has 0 spiro atoms. The van der Waals surface area contributed by atoms with Crippen molar-refractivity contribution in [1.82, 2.24) is 5.32 Å². The third-order valence-corrected chi connectivity index (χ3v) is 2.95. The minimum Gasteiger partial charge on any atom is -0.334 e.